The SMILES string of the molecule is CN1N=C(/C=N/O)C2CCN(CC3(SC4CC4)CC3)C(=O)C21. The molecule has 1 saturated heterocycles. The van der Waals surface area contributed by atoms with Crippen molar-refractivity contribution < 1.29 is 10.0 Å². The van der Waals surface area contributed by atoms with E-state index in [1.807, 2.05) is 7.05 Å². The summed E-state index contributed by atoms with van der Waals surface area (Å²) in [5.41, 5.74) is 0.719. The minimum absolute atomic E-state index is 0.0656. The Balaban J connectivity index is 1.44. The van der Waals surface area contributed by atoms with E-state index < -0.39 is 0 Å². The average Bonchev–Trinajstić information content (AvgIpc) is 3.40. The Labute approximate surface area is 134 Å². The summed E-state index contributed by atoms with van der Waals surface area (Å²) in [6.07, 6.45) is 7.48. The van der Waals surface area contributed by atoms with E-state index in [1.165, 1.54) is 31.9 Å². The third kappa shape index (κ3) is 2.49. The predicted octanol–water partition coefficient (Wildman–Crippen LogP) is 1.39. The highest BCUT2D eigenvalue weighted by Gasteiger charge is 2.52. The first-order valence-electron chi connectivity index (χ1n) is 8.07. The molecular formula is C15H22N4O2S. The van der Waals surface area contributed by atoms with Crippen LogP contribution in [0.5, 0.6) is 0 Å². The van der Waals surface area contributed by atoms with E-state index in [-0.39, 0.29) is 17.9 Å². The Hall–Kier alpha value is -1.24. The van der Waals surface area contributed by atoms with Crippen molar-refractivity contribution in [2.24, 2.45) is 16.2 Å². The quantitative estimate of drug-likeness (QED) is 0.472. The molecule has 2 atom stereocenters. The van der Waals surface area contributed by atoms with Gasteiger partial charge in [-0.25, -0.2) is 0 Å². The number of carbonyl (C=O) groups excluding carboxylic acids is 1. The lowest BCUT2D eigenvalue weighted by Gasteiger charge is -2.38. The largest absolute Gasteiger partial charge is 0.411 e. The van der Waals surface area contributed by atoms with E-state index in [0.717, 1.165) is 30.5 Å². The lowest BCUT2D eigenvalue weighted by molar-refractivity contribution is -0.140. The molecule has 4 rings (SSSR count). The summed E-state index contributed by atoms with van der Waals surface area (Å²) in [6.45, 7) is 1.69. The van der Waals surface area contributed by atoms with Gasteiger partial charge in [0.1, 0.15) is 6.04 Å². The van der Waals surface area contributed by atoms with Crippen LogP contribution >= 0.6 is 11.8 Å². The van der Waals surface area contributed by atoms with Crippen LogP contribution in [0, 0.1) is 5.92 Å². The number of piperidine rings is 1. The lowest BCUT2D eigenvalue weighted by atomic mass is 9.88. The molecule has 2 saturated carbocycles. The zero-order chi connectivity index (χ0) is 15.3. The molecule has 3 fully saturated rings. The molecule has 4 aliphatic rings. The Morgan fingerprint density at radius 3 is 2.86 bits per heavy atom. The molecule has 1 amide bonds. The molecule has 7 heteroatoms. The average molecular weight is 322 g/mol. The van der Waals surface area contributed by atoms with Gasteiger partial charge >= 0.3 is 0 Å². The van der Waals surface area contributed by atoms with Crippen LogP contribution in [0.25, 0.3) is 0 Å². The van der Waals surface area contributed by atoms with Gasteiger partial charge in [-0.1, -0.05) is 5.16 Å². The number of likely N-dealkylation sites (N-methyl/N-ethyl adjacent to an activating group) is 1. The molecule has 0 bridgehead atoms. The van der Waals surface area contributed by atoms with Gasteiger partial charge in [0.2, 0.25) is 5.91 Å². The summed E-state index contributed by atoms with van der Waals surface area (Å²) in [4.78, 5) is 14.9. The highest BCUT2D eigenvalue weighted by Crippen LogP contribution is 2.55. The summed E-state index contributed by atoms with van der Waals surface area (Å²) >= 11 is 2.12. The highest BCUT2D eigenvalue weighted by atomic mass is 32.2. The van der Waals surface area contributed by atoms with E-state index >= 15 is 0 Å². The Bertz CT molecular complexity index is 542. The van der Waals surface area contributed by atoms with Crippen molar-refractivity contribution in [1.29, 1.82) is 0 Å². The van der Waals surface area contributed by atoms with Crippen LogP contribution < -0.4 is 0 Å². The smallest absolute Gasteiger partial charge is 0.247 e. The van der Waals surface area contributed by atoms with Crippen LogP contribution in [-0.2, 0) is 4.79 Å². The summed E-state index contributed by atoms with van der Waals surface area (Å²) in [6, 6.07) is -0.219. The Morgan fingerprint density at radius 1 is 1.45 bits per heavy atom. The van der Waals surface area contributed by atoms with Crippen LogP contribution in [0.2, 0.25) is 0 Å². The fourth-order valence-corrected chi connectivity index (χ4v) is 5.30. The number of hydrogen-bond acceptors (Lipinski definition) is 6. The van der Waals surface area contributed by atoms with Gasteiger partial charge < -0.3 is 10.1 Å². The van der Waals surface area contributed by atoms with Gasteiger partial charge in [0.15, 0.2) is 0 Å². The predicted molar refractivity (Wildman–Crippen MR) is 86.5 cm³/mol. The van der Waals surface area contributed by atoms with Crippen molar-refractivity contribution in [2.45, 2.75) is 48.1 Å². The molecule has 2 aliphatic carbocycles. The van der Waals surface area contributed by atoms with E-state index in [9.17, 15) is 4.79 Å². The van der Waals surface area contributed by atoms with Gasteiger partial charge in [-0.15, -0.1) is 11.8 Å². The molecule has 2 heterocycles. The maximum Gasteiger partial charge on any atom is 0.247 e. The molecule has 0 aromatic carbocycles. The first-order chi connectivity index (χ1) is 10.6. The summed E-state index contributed by atoms with van der Waals surface area (Å²) < 4.78 is 0.344. The standard InChI is InChI=1S/C15H22N4O2S/c1-18-13-11(12(17-18)8-16-21)4-7-19(14(13)20)9-15(5-6-15)22-10-2-3-10/h8,10-11,13,21H,2-7,9H2,1H3/b16-8+. The first-order valence-corrected chi connectivity index (χ1v) is 8.95. The van der Waals surface area contributed by atoms with Gasteiger partial charge in [-0.2, -0.15) is 5.10 Å². The van der Waals surface area contributed by atoms with Crippen molar-refractivity contribution >= 4 is 29.6 Å². The molecule has 1 N–H and O–H groups in total. The normalized spacial score (nSPS) is 33.3. The monoisotopic (exact) mass is 322 g/mol. The van der Waals surface area contributed by atoms with Gasteiger partial charge in [-0.05, 0) is 32.1 Å². The third-order valence-corrected chi connectivity index (χ3v) is 6.97. The fraction of sp³-hybridized carbons (Fsp3) is 0.800. The maximum absolute atomic E-state index is 12.9. The number of carbonyl (C=O) groups is 1. The second-order valence-corrected chi connectivity index (χ2v) is 8.71. The van der Waals surface area contributed by atoms with Crippen molar-refractivity contribution in [3.8, 4) is 0 Å². The number of amides is 1. The van der Waals surface area contributed by atoms with E-state index in [4.69, 9.17) is 5.21 Å². The fourth-order valence-electron chi connectivity index (χ4n) is 3.65. The minimum atomic E-state index is -0.219. The van der Waals surface area contributed by atoms with Crippen molar-refractivity contribution in [3.05, 3.63) is 0 Å². The van der Waals surface area contributed by atoms with Gasteiger partial charge in [-0.3, -0.25) is 9.80 Å². The number of hydrogen-bond donors (Lipinski definition) is 1. The second kappa shape index (κ2) is 5.15. The van der Waals surface area contributed by atoms with E-state index in [0.29, 0.717) is 4.75 Å². The van der Waals surface area contributed by atoms with Gasteiger partial charge in [0.05, 0.1) is 11.9 Å². The minimum Gasteiger partial charge on any atom is -0.411 e. The van der Waals surface area contributed by atoms with E-state index in [1.54, 1.807) is 5.01 Å². The Morgan fingerprint density at radius 2 is 2.23 bits per heavy atom. The van der Waals surface area contributed by atoms with Crippen molar-refractivity contribution in [2.75, 3.05) is 20.1 Å². The van der Waals surface area contributed by atoms with Crippen LogP contribution in [0.3, 0.4) is 0 Å². The zero-order valence-corrected chi connectivity index (χ0v) is 13.6. The molecule has 22 heavy (non-hydrogen) atoms. The number of hydrazone groups is 1. The first kappa shape index (κ1) is 14.4. The van der Waals surface area contributed by atoms with E-state index in [2.05, 4.69) is 26.9 Å². The molecular weight excluding hydrogens is 300 g/mol. The number of thioether (sulfide) groups is 1. The summed E-state index contributed by atoms with van der Waals surface area (Å²) in [7, 11) is 1.84. The zero-order valence-electron chi connectivity index (χ0n) is 12.8. The van der Waals surface area contributed by atoms with Crippen molar-refractivity contribution in [1.82, 2.24) is 9.91 Å². The molecule has 0 spiro atoms. The number of oxime groups is 1. The molecule has 0 radical (unpaired) electrons. The van der Waals surface area contributed by atoms with Crippen LogP contribution in [-0.4, -0.2) is 69.1 Å². The number of rotatable bonds is 5. The summed E-state index contributed by atoms with van der Waals surface area (Å²) in [5.74, 6) is 0.252. The van der Waals surface area contributed by atoms with Crippen LogP contribution in [0.15, 0.2) is 10.3 Å². The Kier molecular flexibility index (Phi) is 3.36. The van der Waals surface area contributed by atoms with Crippen LogP contribution in [0.4, 0.5) is 0 Å². The topological polar surface area (TPSA) is 68.5 Å². The lowest BCUT2D eigenvalue weighted by Crippen LogP contribution is -2.54. The number of likely N-dealkylation sites (tertiary alicyclic amines) is 1. The van der Waals surface area contributed by atoms with Gasteiger partial charge in [0, 0.05) is 36.1 Å². The third-order valence-electron chi connectivity index (χ3n) is 5.13. The highest BCUT2D eigenvalue weighted by molar-refractivity contribution is 8.01. The number of nitrogens with zero attached hydrogens (tertiary/aromatic N) is 4. The molecule has 2 unspecified atom stereocenters. The van der Waals surface area contributed by atoms with Crippen LogP contribution in [0.1, 0.15) is 32.1 Å². The van der Waals surface area contributed by atoms with Crippen molar-refractivity contribution in [3.63, 3.8) is 0 Å². The second-order valence-electron chi connectivity index (χ2n) is 6.94. The number of fused-ring (bicyclic) bond motifs is 1. The molecule has 0 aromatic rings. The molecule has 6 nitrogen and oxygen atoms in total. The molecule has 0 aromatic heterocycles. The van der Waals surface area contributed by atoms with Gasteiger partial charge in [0.25, 0.3) is 0 Å². The molecule has 2 aliphatic heterocycles. The summed E-state index contributed by atoms with van der Waals surface area (Å²) in [5, 5.41) is 18.8. The molecule has 120 valence electrons. The maximum atomic E-state index is 12.9.